The molecular formula is C22H28O. The highest BCUT2D eigenvalue weighted by atomic mass is 16.3. The van der Waals surface area contributed by atoms with Crippen molar-refractivity contribution in [2.24, 2.45) is 0 Å². The normalized spacial score (nSPS) is 15.9. The number of phenols is 1. The van der Waals surface area contributed by atoms with Gasteiger partial charge in [0.05, 0.1) is 0 Å². The Bertz CT molecular complexity index is 685. The Morgan fingerprint density at radius 3 is 2.04 bits per heavy atom. The van der Waals surface area contributed by atoms with Crippen LogP contribution < -0.4 is 0 Å². The second kappa shape index (κ2) is 7.21. The maximum absolute atomic E-state index is 10.5. The van der Waals surface area contributed by atoms with Gasteiger partial charge in [-0.3, -0.25) is 0 Å². The molecule has 0 amide bonds. The highest BCUT2D eigenvalue weighted by Crippen LogP contribution is 2.41. The van der Waals surface area contributed by atoms with E-state index in [2.05, 4.69) is 24.3 Å². The van der Waals surface area contributed by atoms with E-state index in [1.54, 1.807) is 0 Å². The van der Waals surface area contributed by atoms with E-state index >= 15 is 0 Å². The van der Waals surface area contributed by atoms with Crippen LogP contribution in [0.1, 0.15) is 61.8 Å². The van der Waals surface area contributed by atoms with Crippen LogP contribution in [0.2, 0.25) is 0 Å². The molecule has 0 atom stereocenters. The molecule has 1 nitrogen and oxygen atoms in total. The lowest BCUT2D eigenvalue weighted by molar-refractivity contribution is 0.475. The summed E-state index contributed by atoms with van der Waals surface area (Å²) in [6.45, 7) is 4.00. The molecule has 0 fully saturated rings. The van der Waals surface area contributed by atoms with Crippen LogP contribution in [0.15, 0.2) is 30.3 Å². The van der Waals surface area contributed by atoms with Gasteiger partial charge in [-0.25, -0.2) is 0 Å². The first-order valence-corrected chi connectivity index (χ1v) is 9.29. The Morgan fingerprint density at radius 1 is 0.696 bits per heavy atom. The van der Waals surface area contributed by atoms with Crippen LogP contribution >= 0.6 is 0 Å². The second-order valence-corrected chi connectivity index (χ2v) is 6.45. The molecule has 0 saturated heterocycles. The average molecular weight is 308 g/mol. The minimum absolute atomic E-state index is 0.467. The van der Waals surface area contributed by atoms with E-state index in [1.165, 1.54) is 59.9 Å². The summed E-state index contributed by atoms with van der Waals surface area (Å²) >= 11 is 0. The summed E-state index contributed by atoms with van der Waals surface area (Å²) in [5.41, 5.74) is 8.25. The van der Waals surface area contributed by atoms with Crippen LogP contribution in [0.4, 0.5) is 0 Å². The third-order valence-electron chi connectivity index (χ3n) is 5.18. The Labute approximate surface area is 140 Å². The molecule has 2 aromatic carbocycles. The molecule has 0 spiro atoms. The quantitative estimate of drug-likeness (QED) is 0.701. The smallest absolute Gasteiger partial charge is 0.123 e. The van der Waals surface area contributed by atoms with Gasteiger partial charge in [-0.05, 0) is 85.3 Å². The molecule has 0 unspecified atom stereocenters. The maximum Gasteiger partial charge on any atom is 0.123 e. The van der Waals surface area contributed by atoms with Crippen molar-refractivity contribution in [1.29, 1.82) is 0 Å². The van der Waals surface area contributed by atoms with E-state index in [0.29, 0.717) is 5.75 Å². The highest BCUT2D eigenvalue weighted by Gasteiger charge is 2.21. The van der Waals surface area contributed by atoms with Gasteiger partial charge >= 0.3 is 0 Å². The van der Waals surface area contributed by atoms with E-state index in [0.717, 1.165) is 24.8 Å². The molecule has 2 aliphatic carbocycles. The number of rotatable bonds is 1. The zero-order valence-corrected chi connectivity index (χ0v) is 14.5. The van der Waals surface area contributed by atoms with Crippen LogP contribution in [-0.2, 0) is 25.7 Å². The summed E-state index contributed by atoms with van der Waals surface area (Å²) in [6.07, 6.45) is 9.74. The van der Waals surface area contributed by atoms with Crippen LogP contribution in [-0.4, -0.2) is 5.11 Å². The topological polar surface area (TPSA) is 20.2 Å². The van der Waals surface area contributed by atoms with Crippen molar-refractivity contribution in [3.05, 3.63) is 52.6 Å². The number of hydrogen-bond acceptors (Lipinski definition) is 1. The monoisotopic (exact) mass is 308 g/mol. The minimum Gasteiger partial charge on any atom is -0.507 e. The molecule has 1 N–H and O–H groups in total. The third kappa shape index (κ3) is 3.02. The predicted molar refractivity (Wildman–Crippen MR) is 98.2 cm³/mol. The van der Waals surface area contributed by atoms with Gasteiger partial charge in [0.2, 0.25) is 0 Å². The van der Waals surface area contributed by atoms with Crippen molar-refractivity contribution < 1.29 is 5.11 Å². The Morgan fingerprint density at radius 2 is 1.30 bits per heavy atom. The predicted octanol–water partition coefficient (Wildman–Crippen LogP) is 5.84. The number of aryl methyl sites for hydroxylation is 2. The molecule has 2 aromatic rings. The van der Waals surface area contributed by atoms with Crippen molar-refractivity contribution in [2.75, 3.05) is 0 Å². The molecule has 1 heteroatoms. The van der Waals surface area contributed by atoms with Crippen molar-refractivity contribution in [2.45, 2.75) is 65.2 Å². The summed E-state index contributed by atoms with van der Waals surface area (Å²) in [5, 5.41) is 10.5. The minimum atomic E-state index is 0.467. The van der Waals surface area contributed by atoms with E-state index in [1.807, 2.05) is 19.9 Å². The number of hydrogen-bond donors (Lipinski definition) is 1. The van der Waals surface area contributed by atoms with E-state index < -0.39 is 0 Å². The lowest BCUT2D eigenvalue weighted by Crippen LogP contribution is -2.08. The summed E-state index contributed by atoms with van der Waals surface area (Å²) in [6, 6.07) is 10.7. The van der Waals surface area contributed by atoms with Crippen molar-refractivity contribution in [3.8, 4) is 16.9 Å². The third-order valence-corrected chi connectivity index (χ3v) is 5.18. The van der Waals surface area contributed by atoms with E-state index in [-0.39, 0.29) is 0 Å². The number of benzene rings is 2. The molecule has 23 heavy (non-hydrogen) atoms. The first kappa shape index (κ1) is 16.1. The fourth-order valence-corrected chi connectivity index (χ4v) is 4.13. The zero-order valence-electron chi connectivity index (χ0n) is 14.5. The van der Waals surface area contributed by atoms with Gasteiger partial charge in [0.15, 0.2) is 0 Å². The summed E-state index contributed by atoms with van der Waals surface area (Å²) in [7, 11) is 0. The summed E-state index contributed by atoms with van der Waals surface area (Å²) < 4.78 is 0. The van der Waals surface area contributed by atoms with Gasteiger partial charge in [0.25, 0.3) is 0 Å². The van der Waals surface area contributed by atoms with Crippen molar-refractivity contribution >= 4 is 0 Å². The average Bonchev–Trinajstić information content (AvgIpc) is 2.63. The molecule has 0 bridgehead atoms. The van der Waals surface area contributed by atoms with Gasteiger partial charge < -0.3 is 5.11 Å². The van der Waals surface area contributed by atoms with Crippen LogP contribution in [0.3, 0.4) is 0 Å². The van der Waals surface area contributed by atoms with Crippen LogP contribution in [0, 0.1) is 0 Å². The molecule has 2 aliphatic rings. The summed E-state index contributed by atoms with van der Waals surface area (Å²) in [5.74, 6) is 0.467. The van der Waals surface area contributed by atoms with Gasteiger partial charge in [-0.15, -0.1) is 0 Å². The fourth-order valence-electron chi connectivity index (χ4n) is 4.13. The van der Waals surface area contributed by atoms with Crippen molar-refractivity contribution in [3.63, 3.8) is 0 Å². The standard InChI is InChI=1S/C20H22O.C2H6/c21-19-13-12-15-7-2-4-10-17(15)20(19)18-11-5-8-14-6-1-3-9-16(14)18;1-2/h5,8,11-13,21H,1-4,6-7,9-10H2;1-2H3. The lowest BCUT2D eigenvalue weighted by atomic mass is 9.81. The lowest BCUT2D eigenvalue weighted by Gasteiger charge is -2.24. The molecule has 0 radical (unpaired) electrons. The van der Waals surface area contributed by atoms with E-state index in [4.69, 9.17) is 0 Å². The molecule has 0 aromatic heterocycles. The Hall–Kier alpha value is -1.76. The first-order chi connectivity index (χ1) is 11.3. The Balaban J connectivity index is 0.000000753. The van der Waals surface area contributed by atoms with Gasteiger partial charge in [-0.2, -0.15) is 0 Å². The van der Waals surface area contributed by atoms with Crippen LogP contribution in [0.5, 0.6) is 5.75 Å². The molecule has 4 rings (SSSR count). The largest absolute Gasteiger partial charge is 0.507 e. The Kier molecular flexibility index (Phi) is 5.05. The van der Waals surface area contributed by atoms with Gasteiger partial charge in [0.1, 0.15) is 5.75 Å². The van der Waals surface area contributed by atoms with Crippen LogP contribution in [0.25, 0.3) is 11.1 Å². The number of aromatic hydroxyl groups is 1. The molecule has 0 aliphatic heterocycles. The highest BCUT2D eigenvalue weighted by molar-refractivity contribution is 5.78. The second-order valence-electron chi connectivity index (χ2n) is 6.45. The fraction of sp³-hybridized carbons (Fsp3) is 0.455. The zero-order chi connectivity index (χ0) is 16.2. The van der Waals surface area contributed by atoms with Gasteiger partial charge in [0, 0.05) is 5.56 Å². The van der Waals surface area contributed by atoms with E-state index in [9.17, 15) is 5.11 Å². The first-order valence-electron chi connectivity index (χ1n) is 9.29. The molecule has 0 saturated carbocycles. The van der Waals surface area contributed by atoms with Gasteiger partial charge in [-0.1, -0.05) is 38.1 Å². The molecule has 0 heterocycles. The number of phenolic OH excluding ortho intramolecular Hbond substituents is 1. The van der Waals surface area contributed by atoms with Crippen molar-refractivity contribution in [1.82, 2.24) is 0 Å². The number of fused-ring (bicyclic) bond motifs is 2. The molecular weight excluding hydrogens is 280 g/mol. The summed E-state index contributed by atoms with van der Waals surface area (Å²) in [4.78, 5) is 0. The maximum atomic E-state index is 10.5. The SMILES string of the molecule is CC.Oc1ccc2c(c1-c1cccc3c1CCCC3)CCCC2. The molecule has 122 valence electrons.